The fraction of sp³-hybridized carbons (Fsp3) is 0.214. The molecule has 0 saturated carbocycles. The highest BCUT2D eigenvalue weighted by Gasteiger charge is 2.31. The van der Waals surface area contributed by atoms with E-state index in [1.54, 1.807) is 12.2 Å². The molecule has 0 amide bonds. The van der Waals surface area contributed by atoms with E-state index < -0.39 is 5.60 Å². The second-order valence-electron chi connectivity index (χ2n) is 3.47. The average Bonchev–Trinajstić information content (AvgIpc) is 2.36. The summed E-state index contributed by atoms with van der Waals surface area (Å²) in [6, 6.07) is 9.42. The Bertz CT molecular complexity index is 356. The Morgan fingerprint density at radius 3 is 2.38 bits per heavy atom. The van der Waals surface area contributed by atoms with Gasteiger partial charge in [-0.15, -0.1) is 13.2 Å². The summed E-state index contributed by atoms with van der Waals surface area (Å²) in [5.74, 6) is 0. The summed E-state index contributed by atoms with van der Waals surface area (Å²) in [7, 11) is 0. The molecule has 84 valence electrons. The summed E-state index contributed by atoms with van der Waals surface area (Å²) in [6.45, 7) is 7.58. The molecule has 0 saturated heterocycles. The van der Waals surface area contributed by atoms with Gasteiger partial charge in [0.25, 0.3) is 0 Å². The van der Waals surface area contributed by atoms with E-state index >= 15 is 0 Å². The van der Waals surface area contributed by atoms with Crippen molar-refractivity contribution in [2.45, 2.75) is 12.0 Å². The van der Waals surface area contributed by atoms with Crippen molar-refractivity contribution in [1.29, 1.82) is 0 Å². The van der Waals surface area contributed by atoms with Crippen LogP contribution in [0, 0.1) is 0 Å². The van der Waals surface area contributed by atoms with Crippen molar-refractivity contribution in [3.8, 4) is 0 Å². The molecule has 0 aromatic heterocycles. The molecule has 0 aliphatic carbocycles. The second-order valence-corrected chi connectivity index (χ2v) is 3.47. The van der Waals surface area contributed by atoms with Gasteiger partial charge in [0, 0.05) is 6.42 Å². The normalized spacial score (nSPS) is 13.8. The van der Waals surface area contributed by atoms with E-state index in [0.717, 1.165) is 11.8 Å². The van der Waals surface area contributed by atoms with Gasteiger partial charge in [-0.3, -0.25) is 4.79 Å². The SMILES string of the molecule is C=CCO[C@](C=O)(CC=C)c1ccccc1. The zero-order valence-electron chi connectivity index (χ0n) is 9.26. The van der Waals surface area contributed by atoms with Crippen molar-refractivity contribution in [3.05, 3.63) is 61.2 Å². The van der Waals surface area contributed by atoms with Crippen molar-refractivity contribution in [2.75, 3.05) is 6.61 Å². The maximum Gasteiger partial charge on any atom is 0.156 e. The third-order valence-electron chi connectivity index (χ3n) is 2.36. The second kappa shape index (κ2) is 6.03. The number of carbonyl (C=O) groups is 1. The van der Waals surface area contributed by atoms with E-state index in [1.165, 1.54) is 0 Å². The van der Waals surface area contributed by atoms with Crippen LogP contribution in [0.2, 0.25) is 0 Å². The lowest BCUT2D eigenvalue weighted by Crippen LogP contribution is -2.31. The minimum absolute atomic E-state index is 0.335. The van der Waals surface area contributed by atoms with E-state index in [0.29, 0.717) is 13.0 Å². The molecular weight excluding hydrogens is 200 g/mol. The van der Waals surface area contributed by atoms with Gasteiger partial charge in [-0.1, -0.05) is 42.5 Å². The number of carbonyl (C=O) groups excluding carboxylic acids is 1. The molecule has 2 heteroatoms. The van der Waals surface area contributed by atoms with Crippen LogP contribution < -0.4 is 0 Å². The Morgan fingerprint density at radius 1 is 1.19 bits per heavy atom. The molecule has 0 N–H and O–H groups in total. The summed E-state index contributed by atoms with van der Waals surface area (Å²) in [5.41, 5.74) is -0.0937. The molecule has 0 heterocycles. The molecule has 16 heavy (non-hydrogen) atoms. The molecule has 0 spiro atoms. The molecule has 2 nitrogen and oxygen atoms in total. The molecule has 0 aliphatic heterocycles. The van der Waals surface area contributed by atoms with Crippen molar-refractivity contribution in [1.82, 2.24) is 0 Å². The lowest BCUT2D eigenvalue weighted by atomic mass is 9.91. The molecule has 0 unspecified atom stereocenters. The Kier molecular flexibility index (Phi) is 4.67. The molecule has 0 radical (unpaired) electrons. The zero-order valence-corrected chi connectivity index (χ0v) is 9.26. The minimum atomic E-state index is -0.933. The fourth-order valence-electron chi connectivity index (χ4n) is 1.55. The van der Waals surface area contributed by atoms with Crippen LogP contribution in [0.25, 0.3) is 0 Å². The topological polar surface area (TPSA) is 26.3 Å². The van der Waals surface area contributed by atoms with Gasteiger partial charge in [-0.25, -0.2) is 0 Å². The molecule has 0 fully saturated rings. The van der Waals surface area contributed by atoms with E-state index in [4.69, 9.17) is 4.74 Å². The third kappa shape index (κ3) is 2.67. The van der Waals surface area contributed by atoms with Crippen LogP contribution in [0.3, 0.4) is 0 Å². The molecule has 1 atom stereocenters. The maximum absolute atomic E-state index is 11.3. The predicted octanol–water partition coefficient (Wildman–Crippen LogP) is 2.86. The fourth-order valence-corrected chi connectivity index (χ4v) is 1.55. The monoisotopic (exact) mass is 216 g/mol. The zero-order chi connectivity index (χ0) is 11.9. The van der Waals surface area contributed by atoms with Crippen LogP contribution in [-0.2, 0) is 15.1 Å². The molecular formula is C14H16O2. The quantitative estimate of drug-likeness (QED) is 0.517. The van der Waals surface area contributed by atoms with Crippen molar-refractivity contribution >= 4 is 6.29 Å². The molecule has 1 aromatic rings. The van der Waals surface area contributed by atoms with E-state index in [-0.39, 0.29) is 0 Å². The van der Waals surface area contributed by atoms with Crippen LogP contribution in [0.5, 0.6) is 0 Å². The Balaban J connectivity index is 3.05. The molecule has 0 bridgehead atoms. The largest absolute Gasteiger partial charge is 0.358 e. The van der Waals surface area contributed by atoms with Crippen molar-refractivity contribution in [3.63, 3.8) is 0 Å². The summed E-state index contributed by atoms with van der Waals surface area (Å²) >= 11 is 0. The Morgan fingerprint density at radius 2 is 1.88 bits per heavy atom. The van der Waals surface area contributed by atoms with Gasteiger partial charge in [0.1, 0.15) is 0 Å². The van der Waals surface area contributed by atoms with Crippen LogP contribution >= 0.6 is 0 Å². The van der Waals surface area contributed by atoms with Gasteiger partial charge in [0.05, 0.1) is 6.61 Å². The van der Waals surface area contributed by atoms with Crippen LogP contribution in [0.4, 0.5) is 0 Å². The highest BCUT2D eigenvalue weighted by molar-refractivity contribution is 5.66. The first-order valence-electron chi connectivity index (χ1n) is 5.16. The van der Waals surface area contributed by atoms with Crippen molar-refractivity contribution < 1.29 is 9.53 Å². The number of hydrogen-bond donors (Lipinski definition) is 0. The van der Waals surface area contributed by atoms with Gasteiger partial charge in [0.2, 0.25) is 0 Å². The Hall–Kier alpha value is -1.67. The van der Waals surface area contributed by atoms with E-state index in [2.05, 4.69) is 13.2 Å². The Labute approximate surface area is 96.2 Å². The summed E-state index contributed by atoms with van der Waals surface area (Å²) in [5, 5.41) is 0. The van der Waals surface area contributed by atoms with Crippen LogP contribution in [-0.4, -0.2) is 12.9 Å². The van der Waals surface area contributed by atoms with Gasteiger partial charge in [0.15, 0.2) is 11.9 Å². The molecule has 0 aliphatic rings. The minimum Gasteiger partial charge on any atom is -0.358 e. The van der Waals surface area contributed by atoms with E-state index in [1.807, 2.05) is 30.3 Å². The average molecular weight is 216 g/mol. The third-order valence-corrected chi connectivity index (χ3v) is 2.36. The number of rotatable bonds is 7. The number of ether oxygens (including phenoxy) is 1. The lowest BCUT2D eigenvalue weighted by molar-refractivity contribution is -0.130. The predicted molar refractivity (Wildman–Crippen MR) is 65.1 cm³/mol. The number of hydrogen-bond acceptors (Lipinski definition) is 2. The summed E-state index contributed by atoms with van der Waals surface area (Å²) in [4.78, 5) is 11.3. The smallest absolute Gasteiger partial charge is 0.156 e. The van der Waals surface area contributed by atoms with Gasteiger partial charge in [-0.2, -0.15) is 0 Å². The van der Waals surface area contributed by atoms with Crippen molar-refractivity contribution in [2.24, 2.45) is 0 Å². The first-order chi connectivity index (χ1) is 7.79. The highest BCUT2D eigenvalue weighted by Crippen LogP contribution is 2.27. The number of aldehydes is 1. The summed E-state index contributed by atoms with van der Waals surface area (Å²) in [6.07, 6.45) is 4.59. The first kappa shape index (κ1) is 12.4. The lowest BCUT2D eigenvalue weighted by Gasteiger charge is -2.27. The first-order valence-corrected chi connectivity index (χ1v) is 5.16. The van der Waals surface area contributed by atoms with E-state index in [9.17, 15) is 4.79 Å². The summed E-state index contributed by atoms with van der Waals surface area (Å²) < 4.78 is 5.60. The molecule has 1 rings (SSSR count). The van der Waals surface area contributed by atoms with Gasteiger partial charge < -0.3 is 4.74 Å². The van der Waals surface area contributed by atoms with Gasteiger partial charge in [-0.05, 0) is 5.56 Å². The maximum atomic E-state index is 11.3. The van der Waals surface area contributed by atoms with Crippen LogP contribution in [0.15, 0.2) is 55.6 Å². The van der Waals surface area contributed by atoms with Gasteiger partial charge >= 0.3 is 0 Å². The molecule has 1 aromatic carbocycles. The highest BCUT2D eigenvalue weighted by atomic mass is 16.5. The van der Waals surface area contributed by atoms with Crippen LogP contribution in [0.1, 0.15) is 12.0 Å². The standard InChI is InChI=1S/C14H16O2/c1-3-10-14(12-15,16-11-4-2)13-8-6-5-7-9-13/h3-9,12H,1-2,10-11H2/t14-/m0/s1. The number of benzene rings is 1.